The van der Waals surface area contributed by atoms with Crippen molar-refractivity contribution >= 4 is 133 Å². The van der Waals surface area contributed by atoms with E-state index in [1.165, 1.54) is 220 Å². The Hall–Kier alpha value is -15.0. The number of hydrogen-bond donors (Lipinski definition) is 0. The van der Waals surface area contributed by atoms with Crippen LogP contribution in [-0.4, -0.2) is 28.9 Å². The molecular weight excluding hydrogens is 1450 g/mol. The highest BCUT2D eigenvalue weighted by Gasteiger charge is 2.44. The summed E-state index contributed by atoms with van der Waals surface area (Å²) >= 11 is 0. The number of para-hydroxylation sites is 4. The molecule has 20 aromatic carbocycles. The third-order valence-corrected chi connectivity index (χ3v) is 26.2. The molecule has 2 aromatic heterocycles. The first kappa shape index (κ1) is 69.3. The number of fused-ring (bicyclic) bond motifs is 12. The normalized spacial score (nSPS) is 12.4. The van der Waals surface area contributed by atoms with Crippen LogP contribution in [0.1, 0.15) is 16.7 Å². The smallest absolute Gasteiger partial charge is 0.252 e. The highest BCUT2D eigenvalue weighted by atomic mass is 15.2. The fourth-order valence-corrected chi connectivity index (χ4v) is 20.9. The molecule has 2 aliphatic rings. The van der Waals surface area contributed by atoms with Crippen LogP contribution in [0.3, 0.4) is 0 Å². The zero-order valence-corrected chi connectivity index (χ0v) is 66.2. The lowest BCUT2D eigenvalue weighted by Gasteiger charge is -2.45. The van der Waals surface area contributed by atoms with Crippen molar-refractivity contribution in [1.29, 1.82) is 0 Å². The van der Waals surface area contributed by atoms with E-state index in [0.717, 1.165) is 18.5 Å². The Morgan fingerprint density at radius 1 is 0.225 bits per heavy atom. The molecule has 0 radical (unpaired) electrons. The van der Waals surface area contributed by atoms with Gasteiger partial charge < -0.3 is 18.9 Å². The maximum absolute atomic E-state index is 2.79. The molecule has 4 heterocycles. The van der Waals surface area contributed by atoms with Gasteiger partial charge in [0.1, 0.15) is 0 Å². The maximum atomic E-state index is 2.79. The van der Waals surface area contributed by atoms with Crippen LogP contribution in [0.4, 0.5) is 22.7 Å². The van der Waals surface area contributed by atoms with E-state index in [1.807, 2.05) is 0 Å². The van der Waals surface area contributed by atoms with Crippen LogP contribution in [0.25, 0.3) is 170 Å². The molecule has 0 bridgehead atoms. The predicted octanol–water partition coefficient (Wildman–Crippen LogP) is 27.6. The van der Waals surface area contributed by atoms with Crippen LogP contribution in [0.5, 0.6) is 0 Å². The third kappa shape index (κ3) is 11.4. The molecule has 2 aliphatic heterocycles. The summed E-state index contributed by atoms with van der Waals surface area (Å²) in [7, 11) is 0. The number of nitrogens with zero attached hydrogens (tertiary/aromatic N) is 4. The van der Waals surface area contributed by atoms with Gasteiger partial charge in [-0.2, -0.15) is 0 Å². The molecule has 0 spiro atoms. The second-order valence-corrected chi connectivity index (χ2v) is 32.7. The average molecular weight is 1530 g/mol. The van der Waals surface area contributed by atoms with Gasteiger partial charge in [0.25, 0.3) is 6.71 Å². The largest absolute Gasteiger partial charge is 0.342 e. The van der Waals surface area contributed by atoms with E-state index >= 15 is 0 Å². The van der Waals surface area contributed by atoms with Gasteiger partial charge in [-0.3, -0.25) is 0 Å². The van der Waals surface area contributed by atoms with E-state index in [2.05, 4.69) is 438 Å². The zero-order chi connectivity index (χ0) is 78.9. The molecule has 0 aliphatic carbocycles. The van der Waals surface area contributed by atoms with E-state index < -0.39 is 0 Å². The second kappa shape index (κ2) is 28.4. The van der Waals surface area contributed by atoms with Crippen molar-refractivity contribution in [2.75, 3.05) is 22.9 Å². The van der Waals surface area contributed by atoms with E-state index in [9.17, 15) is 0 Å². The molecule has 0 fully saturated rings. The molecule has 0 saturated heterocycles. The van der Waals surface area contributed by atoms with Crippen LogP contribution in [0, 0.1) is 0 Å². The number of aromatic nitrogens is 2. The van der Waals surface area contributed by atoms with Gasteiger partial charge in [0, 0.05) is 80.6 Å². The van der Waals surface area contributed by atoms with Crippen molar-refractivity contribution in [1.82, 2.24) is 9.13 Å². The summed E-state index contributed by atoms with van der Waals surface area (Å²) in [5, 5.41) is 15.3. The summed E-state index contributed by atoms with van der Waals surface area (Å²) in [5.41, 5.74) is 35.5. The molecule has 120 heavy (non-hydrogen) atoms. The number of benzene rings is 20. The molecular formula is C115H79BN4. The molecule has 0 unspecified atom stereocenters. The Labute approximate surface area is 698 Å². The molecule has 5 heteroatoms. The molecule has 562 valence electrons. The number of hydrogen-bond acceptors (Lipinski definition) is 2. The second-order valence-electron chi connectivity index (χ2n) is 32.7. The average Bonchev–Trinajstić information content (AvgIpc) is 0.800. The van der Waals surface area contributed by atoms with Crippen molar-refractivity contribution < 1.29 is 0 Å². The van der Waals surface area contributed by atoms with Crippen LogP contribution in [0.15, 0.2) is 419 Å². The van der Waals surface area contributed by atoms with Crippen LogP contribution in [0.2, 0.25) is 0 Å². The van der Waals surface area contributed by atoms with Crippen molar-refractivity contribution in [3.63, 3.8) is 0 Å². The van der Waals surface area contributed by atoms with E-state index in [1.54, 1.807) is 0 Å². The number of rotatable bonds is 16. The van der Waals surface area contributed by atoms with Crippen molar-refractivity contribution in [3.05, 3.63) is 435 Å². The van der Waals surface area contributed by atoms with Gasteiger partial charge >= 0.3 is 0 Å². The van der Waals surface area contributed by atoms with Crippen LogP contribution in [-0.2, 0) is 19.4 Å². The van der Waals surface area contributed by atoms with Crippen molar-refractivity contribution in [2.45, 2.75) is 19.4 Å². The molecule has 4 nitrogen and oxygen atoms in total. The van der Waals surface area contributed by atoms with E-state index in [0.29, 0.717) is 19.6 Å². The molecule has 0 amide bonds. The van der Waals surface area contributed by atoms with Crippen molar-refractivity contribution in [2.24, 2.45) is 0 Å². The minimum absolute atomic E-state index is 0.180. The minimum Gasteiger partial charge on any atom is -0.342 e. The van der Waals surface area contributed by atoms with E-state index in [4.69, 9.17) is 0 Å². The quantitative estimate of drug-likeness (QED) is 0.0545. The van der Waals surface area contributed by atoms with Gasteiger partial charge in [0.05, 0.1) is 11.0 Å². The molecule has 22 aromatic rings. The maximum Gasteiger partial charge on any atom is 0.252 e. The van der Waals surface area contributed by atoms with Crippen molar-refractivity contribution in [3.8, 4) is 83.6 Å². The van der Waals surface area contributed by atoms with Gasteiger partial charge in [0.2, 0.25) is 0 Å². The topological polar surface area (TPSA) is 16.3 Å². The lowest BCUT2D eigenvalue weighted by atomic mass is 9.33. The Kier molecular flexibility index (Phi) is 16.4. The summed E-state index contributed by atoms with van der Waals surface area (Å²) in [6.45, 7) is 1.78. The van der Waals surface area contributed by atoms with Crippen LogP contribution < -0.4 is 26.2 Å². The Bertz CT molecular complexity index is 7570. The van der Waals surface area contributed by atoms with Gasteiger partial charge in [-0.1, -0.05) is 328 Å². The summed E-state index contributed by atoms with van der Waals surface area (Å²) in [6, 6.07) is 159. The minimum atomic E-state index is -0.180. The standard InChI is InChI=1S/C115H79BN4/c1-7-30-76(31-8-1)86-67-98(78-34-11-3-12-35-78)89(99(68-86)79-36-13-4-14-37-79)60-62-117-109-72-83(85-66-84-44-29-50-96-95-49-27-42-82-43-28-51-97(113(82)95)102(71-85)114(84)96)56-58-103(109)116-104-59-57-88(120-107-54-25-21-47-93(107)94-48-22-26-55-108(94)120)73-110(104)118(112-65-75(64-111(117)115(112)116)74-119-105-52-23-19-45-91(105)92-46-20-24-53-106(92)119)63-61-90-100(80-38-15-5-16-39-80)69-87(77-32-9-2-10-33-77)70-101(90)81-40-17-6-18-41-81/h1-59,64-73H,60-63,74H2. The summed E-state index contributed by atoms with van der Waals surface area (Å²) in [4.78, 5) is 5.57. The first-order chi connectivity index (χ1) is 59.5. The Morgan fingerprint density at radius 3 is 1.04 bits per heavy atom. The summed E-state index contributed by atoms with van der Waals surface area (Å²) < 4.78 is 5.11. The summed E-state index contributed by atoms with van der Waals surface area (Å²) in [6.07, 6.45) is 1.45. The zero-order valence-electron chi connectivity index (χ0n) is 66.2. The fraction of sp³-hybridized carbons (Fsp3) is 0.0435. The van der Waals surface area contributed by atoms with Gasteiger partial charge in [-0.05, 0) is 258 Å². The molecule has 0 N–H and O–H groups in total. The van der Waals surface area contributed by atoms with E-state index in [-0.39, 0.29) is 6.71 Å². The lowest BCUT2D eigenvalue weighted by Crippen LogP contribution is -2.62. The summed E-state index contributed by atoms with van der Waals surface area (Å²) in [5.74, 6) is 0. The van der Waals surface area contributed by atoms with Crippen LogP contribution >= 0.6 is 0 Å². The SMILES string of the molecule is c1ccc(-c2cc(-c3ccccc3)c(CCN3c4cc(-c5cc6cccc7c8cccc9cccc(c(c5)c67)c98)ccc4B4c5ccc(-n6c7ccccc7c7ccccc76)cc5N(CCc5c(-c6ccccc6)cc(-c6ccccc6)cc5-c5ccccc5)c5cc(Cn6c7ccccc7c7ccccc76)cc3c54)c(-c3ccccc3)c2)cc1. The third-order valence-electron chi connectivity index (χ3n) is 26.2. The number of anilines is 4. The molecule has 24 rings (SSSR count). The highest BCUT2D eigenvalue weighted by molar-refractivity contribution is 7.00. The van der Waals surface area contributed by atoms with Gasteiger partial charge in [-0.25, -0.2) is 0 Å². The van der Waals surface area contributed by atoms with Gasteiger partial charge in [0.15, 0.2) is 0 Å². The highest BCUT2D eigenvalue weighted by Crippen LogP contribution is 2.49. The lowest BCUT2D eigenvalue weighted by molar-refractivity contribution is 0.860. The predicted molar refractivity (Wildman–Crippen MR) is 510 cm³/mol. The van der Waals surface area contributed by atoms with Gasteiger partial charge in [-0.15, -0.1) is 0 Å². The first-order valence-electron chi connectivity index (χ1n) is 42.2. The molecule has 0 saturated carbocycles. The Balaban J connectivity index is 0.784. The molecule has 0 atom stereocenters. The first-order valence-corrected chi connectivity index (χ1v) is 42.2. The monoisotopic (exact) mass is 1530 g/mol. The fourth-order valence-electron chi connectivity index (χ4n) is 20.9. The Morgan fingerprint density at radius 2 is 0.583 bits per heavy atom.